The van der Waals surface area contributed by atoms with Gasteiger partial charge in [-0.25, -0.2) is 14.6 Å². The van der Waals surface area contributed by atoms with E-state index in [0.29, 0.717) is 5.01 Å². The summed E-state index contributed by atoms with van der Waals surface area (Å²) in [5.74, 6) is -1.40. The average Bonchev–Trinajstić information content (AvgIpc) is 3.35. The van der Waals surface area contributed by atoms with Crippen molar-refractivity contribution in [3.05, 3.63) is 23.5 Å². The Bertz CT molecular complexity index is 840. The molecular formula is C17H21N5O4S. The maximum absolute atomic E-state index is 12.2. The van der Waals surface area contributed by atoms with Crippen LogP contribution in [0.5, 0.6) is 0 Å². The molecule has 2 heterocycles. The number of nitrogens with zero attached hydrogens (tertiary/aromatic N) is 3. The van der Waals surface area contributed by atoms with Crippen molar-refractivity contribution in [1.82, 2.24) is 25.4 Å². The molecular weight excluding hydrogens is 370 g/mol. The third kappa shape index (κ3) is 4.91. The van der Waals surface area contributed by atoms with Crippen LogP contribution in [0.25, 0.3) is 10.6 Å². The molecule has 2 aromatic rings. The molecule has 1 aliphatic rings. The van der Waals surface area contributed by atoms with Crippen LogP contribution in [0.1, 0.15) is 43.1 Å². The topological polar surface area (TPSA) is 115 Å². The van der Waals surface area contributed by atoms with E-state index >= 15 is 0 Å². The summed E-state index contributed by atoms with van der Waals surface area (Å²) in [5.41, 5.74) is 0.893. The second-order valence-electron chi connectivity index (χ2n) is 6.43. The van der Waals surface area contributed by atoms with Crippen molar-refractivity contribution in [2.45, 2.75) is 44.8 Å². The highest BCUT2D eigenvalue weighted by Crippen LogP contribution is 2.23. The molecule has 3 amide bonds. The van der Waals surface area contributed by atoms with Crippen LogP contribution in [-0.4, -0.2) is 44.8 Å². The smallest absolute Gasteiger partial charge is 0.358 e. The Morgan fingerprint density at radius 1 is 1.33 bits per heavy atom. The molecule has 0 aromatic carbocycles. The number of rotatable bonds is 5. The third-order valence-electron chi connectivity index (χ3n) is 4.25. The van der Waals surface area contributed by atoms with Gasteiger partial charge in [-0.2, -0.15) is 5.10 Å². The van der Waals surface area contributed by atoms with E-state index in [4.69, 9.17) is 4.74 Å². The minimum atomic E-state index is -1.12. The largest absolute Gasteiger partial charge is 0.448 e. The van der Waals surface area contributed by atoms with E-state index in [9.17, 15) is 14.4 Å². The molecule has 2 aromatic heterocycles. The van der Waals surface area contributed by atoms with Crippen molar-refractivity contribution >= 4 is 29.2 Å². The Morgan fingerprint density at radius 3 is 2.74 bits per heavy atom. The van der Waals surface area contributed by atoms with Gasteiger partial charge in [0.1, 0.15) is 5.01 Å². The molecule has 2 N–H and O–H groups in total. The number of imide groups is 1. The van der Waals surface area contributed by atoms with Crippen molar-refractivity contribution in [3.63, 3.8) is 0 Å². The highest BCUT2D eigenvalue weighted by atomic mass is 32.1. The number of nitrogens with one attached hydrogen (secondary N) is 2. The number of esters is 1. The molecule has 0 spiro atoms. The van der Waals surface area contributed by atoms with Gasteiger partial charge in [0.15, 0.2) is 11.8 Å². The maximum Gasteiger partial charge on any atom is 0.358 e. The number of hydrogen-bond donors (Lipinski definition) is 2. The molecule has 9 nitrogen and oxygen atoms in total. The van der Waals surface area contributed by atoms with Crippen LogP contribution in [0.15, 0.2) is 17.8 Å². The summed E-state index contributed by atoms with van der Waals surface area (Å²) >= 11 is 1.28. The number of hydrogen-bond acceptors (Lipinski definition) is 7. The standard InChI is InChI=1S/C17H21N5O4S/c1-10(14(23)21-17(25)19-12-5-3-4-6-12)26-16(24)13-9-27-15(20-13)11-7-18-22(2)8-11/h7-10,12H,3-6H2,1-2H3,(H2,19,21,23,25). The van der Waals surface area contributed by atoms with Crippen molar-refractivity contribution < 1.29 is 19.1 Å². The summed E-state index contributed by atoms with van der Waals surface area (Å²) < 4.78 is 6.75. The van der Waals surface area contributed by atoms with E-state index in [1.807, 2.05) is 0 Å². The number of aryl methyl sites for hydroxylation is 1. The average molecular weight is 391 g/mol. The molecule has 0 saturated heterocycles. The highest BCUT2D eigenvalue weighted by Gasteiger charge is 2.24. The van der Waals surface area contributed by atoms with E-state index in [1.54, 1.807) is 29.5 Å². The summed E-state index contributed by atoms with van der Waals surface area (Å²) in [6.45, 7) is 1.41. The molecule has 1 saturated carbocycles. The molecule has 10 heteroatoms. The molecule has 0 aliphatic heterocycles. The molecule has 1 aliphatic carbocycles. The SMILES string of the molecule is CC(OC(=O)c1csc(-c2cnn(C)c2)n1)C(=O)NC(=O)NC1CCCC1. The Hall–Kier alpha value is -2.75. The lowest BCUT2D eigenvalue weighted by Gasteiger charge is -2.15. The van der Waals surface area contributed by atoms with Crippen LogP contribution in [0.3, 0.4) is 0 Å². The van der Waals surface area contributed by atoms with Gasteiger partial charge in [0.2, 0.25) is 0 Å². The number of carbonyl (C=O) groups is 3. The molecule has 3 rings (SSSR count). The van der Waals surface area contributed by atoms with Crippen molar-refractivity contribution in [3.8, 4) is 10.6 Å². The number of aromatic nitrogens is 3. The summed E-state index contributed by atoms with van der Waals surface area (Å²) in [7, 11) is 1.79. The van der Waals surface area contributed by atoms with Crippen molar-refractivity contribution in [1.29, 1.82) is 0 Å². The second kappa shape index (κ2) is 8.30. The van der Waals surface area contributed by atoms with Crippen LogP contribution in [-0.2, 0) is 16.6 Å². The molecule has 1 fully saturated rings. The third-order valence-corrected chi connectivity index (χ3v) is 5.14. The van der Waals surface area contributed by atoms with Gasteiger partial charge < -0.3 is 10.1 Å². The first-order valence-corrected chi connectivity index (χ1v) is 9.57. The zero-order chi connectivity index (χ0) is 19.4. The maximum atomic E-state index is 12.2. The minimum absolute atomic E-state index is 0.0940. The number of urea groups is 1. The fourth-order valence-corrected chi connectivity index (χ4v) is 3.58. The fourth-order valence-electron chi connectivity index (χ4n) is 2.81. The fraction of sp³-hybridized carbons (Fsp3) is 0.471. The van der Waals surface area contributed by atoms with Gasteiger partial charge in [-0.3, -0.25) is 14.8 Å². The van der Waals surface area contributed by atoms with Gasteiger partial charge in [0, 0.05) is 30.2 Å². The molecule has 27 heavy (non-hydrogen) atoms. The molecule has 144 valence electrons. The summed E-state index contributed by atoms with van der Waals surface area (Å²) in [6.07, 6.45) is 6.28. The first-order valence-electron chi connectivity index (χ1n) is 8.69. The van der Waals surface area contributed by atoms with E-state index in [2.05, 4.69) is 20.7 Å². The predicted octanol–water partition coefficient (Wildman–Crippen LogP) is 1.86. The van der Waals surface area contributed by atoms with Gasteiger partial charge in [-0.1, -0.05) is 12.8 Å². The number of carbonyl (C=O) groups excluding carboxylic acids is 3. The summed E-state index contributed by atoms with van der Waals surface area (Å²) in [4.78, 5) is 40.3. The Kier molecular flexibility index (Phi) is 5.84. The Balaban J connectivity index is 1.51. The lowest BCUT2D eigenvalue weighted by Crippen LogP contribution is -2.47. The highest BCUT2D eigenvalue weighted by molar-refractivity contribution is 7.13. The predicted molar refractivity (Wildman–Crippen MR) is 98.1 cm³/mol. The molecule has 1 atom stereocenters. The van der Waals surface area contributed by atoms with Gasteiger partial charge in [-0.05, 0) is 19.8 Å². The van der Waals surface area contributed by atoms with E-state index < -0.39 is 24.0 Å². The number of thiazole rings is 1. The van der Waals surface area contributed by atoms with Crippen molar-refractivity contribution in [2.24, 2.45) is 7.05 Å². The minimum Gasteiger partial charge on any atom is -0.448 e. The summed E-state index contributed by atoms with van der Waals surface area (Å²) in [6, 6.07) is -0.473. The van der Waals surface area contributed by atoms with Gasteiger partial charge >= 0.3 is 12.0 Å². The van der Waals surface area contributed by atoms with Gasteiger partial charge in [0.25, 0.3) is 5.91 Å². The quantitative estimate of drug-likeness (QED) is 0.752. The van der Waals surface area contributed by atoms with Crippen LogP contribution >= 0.6 is 11.3 Å². The van der Waals surface area contributed by atoms with Crippen LogP contribution in [0, 0.1) is 0 Å². The first-order chi connectivity index (χ1) is 12.9. The van der Waals surface area contributed by atoms with Crippen LogP contribution in [0.2, 0.25) is 0 Å². The lowest BCUT2D eigenvalue weighted by atomic mass is 10.2. The Morgan fingerprint density at radius 2 is 2.07 bits per heavy atom. The normalized spacial score (nSPS) is 15.3. The first kappa shape index (κ1) is 19.0. The molecule has 0 bridgehead atoms. The Labute approximate surface area is 160 Å². The van der Waals surface area contributed by atoms with Crippen molar-refractivity contribution in [2.75, 3.05) is 0 Å². The zero-order valence-corrected chi connectivity index (χ0v) is 15.9. The summed E-state index contributed by atoms with van der Waals surface area (Å²) in [5, 5.41) is 11.2. The molecule has 0 radical (unpaired) electrons. The second-order valence-corrected chi connectivity index (χ2v) is 7.29. The van der Waals surface area contributed by atoms with Gasteiger partial charge in [0.05, 0.1) is 6.20 Å². The number of ether oxygens (including phenoxy) is 1. The van der Waals surface area contributed by atoms with E-state index in [1.165, 1.54) is 18.3 Å². The van der Waals surface area contributed by atoms with E-state index in [-0.39, 0.29) is 11.7 Å². The van der Waals surface area contributed by atoms with E-state index in [0.717, 1.165) is 31.2 Å². The molecule has 1 unspecified atom stereocenters. The van der Waals surface area contributed by atoms with Crippen LogP contribution in [0.4, 0.5) is 4.79 Å². The van der Waals surface area contributed by atoms with Gasteiger partial charge in [-0.15, -0.1) is 11.3 Å². The zero-order valence-electron chi connectivity index (χ0n) is 15.1. The lowest BCUT2D eigenvalue weighted by molar-refractivity contribution is -0.127. The van der Waals surface area contributed by atoms with Crippen LogP contribution < -0.4 is 10.6 Å². The monoisotopic (exact) mass is 391 g/mol. The number of amides is 3.